The molecule has 0 aromatic heterocycles. The first-order valence-corrected chi connectivity index (χ1v) is 6.35. The number of urea groups is 1. The van der Waals surface area contributed by atoms with Crippen molar-refractivity contribution in [1.29, 1.82) is 0 Å². The van der Waals surface area contributed by atoms with E-state index in [0.29, 0.717) is 5.88 Å². The van der Waals surface area contributed by atoms with E-state index in [2.05, 4.69) is 10.6 Å². The van der Waals surface area contributed by atoms with Crippen LogP contribution in [0.25, 0.3) is 10.8 Å². The standard InChI is InChI=1S/C14H15ClN2O/c1-10(9-15)16-14(18)17-13-7-6-11-4-2-3-5-12(11)8-13/h2-8,10H,9H2,1H3,(H2,16,17,18)/t10-/m1/s1. The molecule has 0 aliphatic rings. The maximum absolute atomic E-state index is 11.6. The van der Waals surface area contributed by atoms with Crippen LogP contribution in [0.5, 0.6) is 0 Å². The molecule has 2 aromatic carbocycles. The van der Waals surface area contributed by atoms with Crippen LogP contribution in [0.1, 0.15) is 6.92 Å². The lowest BCUT2D eigenvalue weighted by atomic mass is 10.1. The molecule has 0 bridgehead atoms. The molecule has 0 saturated heterocycles. The van der Waals surface area contributed by atoms with Gasteiger partial charge in [0.1, 0.15) is 0 Å². The van der Waals surface area contributed by atoms with E-state index in [1.54, 1.807) is 0 Å². The number of alkyl halides is 1. The Morgan fingerprint density at radius 1 is 1.22 bits per heavy atom. The lowest BCUT2D eigenvalue weighted by Crippen LogP contribution is -2.37. The molecule has 0 fully saturated rings. The fourth-order valence-electron chi connectivity index (χ4n) is 1.70. The second kappa shape index (κ2) is 5.74. The van der Waals surface area contributed by atoms with Crippen LogP contribution in [0.15, 0.2) is 42.5 Å². The van der Waals surface area contributed by atoms with Crippen molar-refractivity contribution in [2.24, 2.45) is 0 Å². The molecule has 2 amide bonds. The van der Waals surface area contributed by atoms with Crippen molar-refractivity contribution in [3.8, 4) is 0 Å². The fourth-order valence-corrected chi connectivity index (χ4v) is 1.77. The van der Waals surface area contributed by atoms with E-state index in [9.17, 15) is 4.79 Å². The Labute approximate surface area is 111 Å². The summed E-state index contributed by atoms with van der Waals surface area (Å²) >= 11 is 5.63. The van der Waals surface area contributed by atoms with Crippen LogP contribution >= 0.6 is 11.6 Å². The number of rotatable bonds is 3. The Bertz CT molecular complexity index is 556. The maximum Gasteiger partial charge on any atom is 0.319 e. The molecule has 3 nitrogen and oxygen atoms in total. The molecule has 2 N–H and O–H groups in total. The maximum atomic E-state index is 11.6. The van der Waals surface area contributed by atoms with Crippen LogP contribution in [0.3, 0.4) is 0 Å². The predicted molar refractivity (Wildman–Crippen MR) is 76.3 cm³/mol. The number of carbonyl (C=O) groups is 1. The Balaban J connectivity index is 2.10. The Hall–Kier alpha value is -1.74. The third kappa shape index (κ3) is 3.14. The number of halogens is 1. The Kier molecular flexibility index (Phi) is 4.05. The van der Waals surface area contributed by atoms with Gasteiger partial charge in [-0.2, -0.15) is 0 Å². The van der Waals surface area contributed by atoms with Crippen molar-refractivity contribution in [2.45, 2.75) is 13.0 Å². The summed E-state index contributed by atoms with van der Waals surface area (Å²) in [5.74, 6) is 0.394. The van der Waals surface area contributed by atoms with Crippen molar-refractivity contribution >= 4 is 34.1 Å². The van der Waals surface area contributed by atoms with Gasteiger partial charge in [-0.1, -0.05) is 30.3 Å². The van der Waals surface area contributed by atoms with Crippen molar-refractivity contribution in [3.63, 3.8) is 0 Å². The third-order valence-corrected chi connectivity index (χ3v) is 3.08. The highest BCUT2D eigenvalue weighted by Gasteiger charge is 2.06. The minimum Gasteiger partial charge on any atom is -0.334 e. The average Bonchev–Trinajstić information content (AvgIpc) is 2.38. The lowest BCUT2D eigenvalue weighted by Gasteiger charge is -2.12. The molecule has 0 spiro atoms. The number of hydrogen-bond donors (Lipinski definition) is 2. The van der Waals surface area contributed by atoms with Gasteiger partial charge in [-0.25, -0.2) is 4.79 Å². The molecule has 18 heavy (non-hydrogen) atoms. The molecule has 0 unspecified atom stereocenters. The number of carbonyl (C=O) groups excluding carboxylic acids is 1. The lowest BCUT2D eigenvalue weighted by molar-refractivity contribution is 0.250. The van der Waals surface area contributed by atoms with Crippen molar-refractivity contribution in [3.05, 3.63) is 42.5 Å². The summed E-state index contributed by atoms with van der Waals surface area (Å²) in [6.07, 6.45) is 0. The zero-order valence-corrected chi connectivity index (χ0v) is 10.9. The third-order valence-electron chi connectivity index (χ3n) is 2.62. The normalized spacial score (nSPS) is 12.1. The van der Waals surface area contributed by atoms with Gasteiger partial charge in [0.2, 0.25) is 0 Å². The number of nitrogens with one attached hydrogen (secondary N) is 2. The molecule has 0 aliphatic carbocycles. The molecule has 1 atom stereocenters. The SMILES string of the molecule is C[C@H](CCl)NC(=O)Nc1ccc2ccccc2c1. The second-order valence-electron chi connectivity index (χ2n) is 4.22. The van der Waals surface area contributed by atoms with Gasteiger partial charge >= 0.3 is 6.03 Å². The molecule has 94 valence electrons. The van der Waals surface area contributed by atoms with Gasteiger partial charge in [0.15, 0.2) is 0 Å². The van der Waals surface area contributed by atoms with E-state index in [1.165, 1.54) is 0 Å². The van der Waals surface area contributed by atoms with Gasteiger partial charge in [0, 0.05) is 17.6 Å². The highest BCUT2D eigenvalue weighted by atomic mass is 35.5. The van der Waals surface area contributed by atoms with Crippen molar-refractivity contribution < 1.29 is 4.79 Å². The summed E-state index contributed by atoms with van der Waals surface area (Å²) in [7, 11) is 0. The van der Waals surface area contributed by atoms with Gasteiger partial charge in [-0.05, 0) is 29.8 Å². The number of benzene rings is 2. The average molecular weight is 263 g/mol. The first-order valence-electron chi connectivity index (χ1n) is 5.81. The summed E-state index contributed by atoms with van der Waals surface area (Å²) in [5.41, 5.74) is 0.771. The molecule has 2 rings (SSSR count). The zero-order chi connectivity index (χ0) is 13.0. The number of anilines is 1. The van der Waals surface area contributed by atoms with E-state index in [0.717, 1.165) is 16.5 Å². The molecular weight excluding hydrogens is 248 g/mol. The molecule has 0 saturated carbocycles. The quantitative estimate of drug-likeness (QED) is 0.816. The number of hydrogen-bond acceptors (Lipinski definition) is 1. The summed E-state index contributed by atoms with van der Waals surface area (Å²) in [4.78, 5) is 11.6. The number of amides is 2. The van der Waals surface area contributed by atoms with E-state index in [1.807, 2.05) is 49.4 Å². The van der Waals surface area contributed by atoms with Gasteiger partial charge in [0.25, 0.3) is 0 Å². The molecular formula is C14H15ClN2O. The van der Waals surface area contributed by atoms with E-state index in [-0.39, 0.29) is 12.1 Å². The van der Waals surface area contributed by atoms with Crippen LogP contribution in [-0.4, -0.2) is 18.0 Å². The molecule has 4 heteroatoms. The minimum atomic E-state index is -0.238. The van der Waals surface area contributed by atoms with E-state index < -0.39 is 0 Å². The predicted octanol–water partition coefficient (Wildman–Crippen LogP) is 3.59. The van der Waals surface area contributed by atoms with Crippen LogP contribution in [0.2, 0.25) is 0 Å². The topological polar surface area (TPSA) is 41.1 Å². The van der Waals surface area contributed by atoms with E-state index in [4.69, 9.17) is 11.6 Å². The second-order valence-corrected chi connectivity index (χ2v) is 4.52. The Morgan fingerprint density at radius 3 is 2.67 bits per heavy atom. The van der Waals surface area contributed by atoms with Gasteiger partial charge < -0.3 is 10.6 Å². The highest BCUT2D eigenvalue weighted by molar-refractivity contribution is 6.18. The van der Waals surface area contributed by atoms with Crippen molar-refractivity contribution in [1.82, 2.24) is 5.32 Å². The van der Waals surface area contributed by atoms with Crippen LogP contribution in [-0.2, 0) is 0 Å². The first kappa shape index (κ1) is 12.7. The summed E-state index contributed by atoms with van der Waals surface area (Å²) < 4.78 is 0. The van der Waals surface area contributed by atoms with Crippen LogP contribution in [0.4, 0.5) is 10.5 Å². The Morgan fingerprint density at radius 2 is 1.94 bits per heavy atom. The van der Waals surface area contributed by atoms with Gasteiger partial charge in [0.05, 0.1) is 0 Å². The minimum absolute atomic E-state index is 0.0490. The van der Waals surface area contributed by atoms with E-state index >= 15 is 0 Å². The van der Waals surface area contributed by atoms with Crippen LogP contribution < -0.4 is 10.6 Å². The molecule has 0 heterocycles. The largest absolute Gasteiger partial charge is 0.334 e. The smallest absolute Gasteiger partial charge is 0.319 e. The van der Waals surface area contributed by atoms with Crippen LogP contribution in [0, 0.1) is 0 Å². The van der Waals surface area contributed by atoms with Gasteiger partial charge in [-0.3, -0.25) is 0 Å². The summed E-state index contributed by atoms with van der Waals surface area (Å²) in [6.45, 7) is 1.85. The highest BCUT2D eigenvalue weighted by Crippen LogP contribution is 2.18. The monoisotopic (exact) mass is 262 g/mol. The zero-order valence-electron chi connectivity index (χ0n) is 10.1. The molecule has 0 aliphatic heterocycles. The van der Waals surface area contributed by atoms with Crippen molar-refractivity contribution in [2.75, 3.05) is 11.2 Å². The summed E-state index contributed by atoms with van der Waals surface area (Å²) in [6, 6.07) is 13.5. The number of fused-ring (bicyclic) bond motifs is 1. The van der Waals surface area contributed by atoms with Gasteiger partial charge in [-0.15, -0.1) is 11.6 Å². The molecule has 2 aromatic rings. The first-order chi connectivity index (χ1) is 8.69. The fraction of sp³-hybridized carbons (Fsp3) is 0.214. The summed E-state index contributed by atoms with van der Waals surface area (Å²) in [5, 5.41) is 7.78. The molecule has 0 radical (unpaired) electrons.